The first-order chi connectivity index (χ1) is 14.3. The van der Waals surface area contributed by atoms with Crippen LogP contribution in [0.1, 0.15) is 37.7 Å². The Bertz CT molecular complexity index is 967. The SMILES string of the molecule is Oc1ccc2oc(-c3ccccc3)cc2c1C[N+]1(C2CCNCC2)CCCCC1. The zero-order valence-corrected chi connectivity index (χ0v) is 17.1. The third-order valence-corrected chi connectivity index (χ3v) is 7.11. The van der Waals surface area contributed by atoms with Gasteiger partial charge in [-0.25, -0.2) is 0 Å². The molecule has 1 aromatic heterocycles. The molecule has 2 fully saturated rings. The van der Waals surface area contributed by atoms with E-state index in [-0.39, 0.29) is 0 Å². The van der Waals surface area contributed by atoms with Crippen LogP contribution in [-0.4, -0.2) is 41.8 Å². The third-order valence-electron chi connectivity index (χ3n) is 7.11. The van der Waals surface area contributed by atoms with Crippen LogP contribution in [0.3, 0.4) is 0 Å². The van der Waals surface area contributed by atoms with Crippen LogP contribution in [-0.2, 0) is 6.54 Å². The molecule has 2 aliphatic heterocycles. The van der Waals surface area contributed by atoms with E-state index in [1.807, 2.05) is 30.3 Å². The van der Waals surface area contributed by atoms with E-state index in [0.717, 1.165) is 52.0 Å². The Kier molecular flexibility index (Phi) is 5.06. The summed E-state index contributed by atoms with van der Waals surface area (Å²) in [5.41, 5.74) is 3.01. The summed E-state index contributed by atoms with van der Waals surface area (Å²) >= 11 is 0. The minimum Gasteiger partial charge on any atom is -0.507 e. The molecule has 4 nitrogen and oxygen atoms in total. The van der Waals surface area contributed by atoms with Crippen molar-refractivity contribution in [1.29, 1.82) is 0 Å². The van der Waals surface area contributed by atoms with Gasteiger partial charge in [0.25, 0.3) is 0 Å². The van der Waals surface area contributed by atoms with Crippen molar-refractivity contribution in [3.8, 4) is 17.1 Å². The molecule has 3 heterocycles. The molecule has 0 radical (unpaired) electrons. The van der Waals surface area contributed by atoms with Crippen molar-refractivity contribution in [2.75, 3.05) is 26.2 Å². The second-order valence-corrected chi connectivity index (χ2v) is 8.82. The molecule has 0 saturated carbocycles. The van der Waals surface area contributed by atoms with E-state index in [1.54, 1.807) is 0 Å². The van der Waals surface area contributed by atoms with Crippen molar-refractivity contribution in [2.45, 2.75) is 44.7 Å². The second kappa shape index (κ2) is 7.85. The normalized spacial score (nSPS) is 20.1. The van der Waals surface area contributed by atoms with Crippen molar-refractivity contribution in [3.05, 3.63) is 54.1 Å². The van der Waals surface area contributed by atoms with E-state index >= 15 is 0 Å². The Balaban J connectivity index is 1.56. The van der Waals surface area contributed by atoms with Gasteiger partial charge in [-0.05, 0) is 37.5 Å². The van der Waals surface area contributed by atoms with Crippen molar-refractivity contribution in [1.82, 2.24) is 5.32 Å². The van der Waals surface area contributed by atoms with Crippen LogP contribution in [0, 0.1) is 0 Å². The molecule has 4 heteroatoms. The minimum absolute atomic E-state index is 0.412. The highest BCUT2D eigenvalue weighted by atomic mass is 16.3. The van der Waals surface area contributed by atoms with Crippen molar-refractivity contribution < 1.29 is 14.0 Å². The Labute approximate surface area is 172 Å². The van der Waals surface area contributed by atoms with Gasteiger partial charge in [-0.15, -0.1) is 0 Å². The predicted molar refractivity (Wildman–Crippen MR) is 117 cm³/mol. The molecule has 0 spiro atoms. The van der Waals surface area contributed by atoms with Crippen molar-refractivity contribution >= 4 is 11.0 Å². The molecular formula is C25H31N2O2+. The second-order valence-electron chi connectivity index (χ2n) is 8.82. The average molecular weight is 392 g/mol. The quantitative estimate of drug-likeness (QED) is 0.611. The number of phenolic OH excluding ortho intramolecular Hbond substituents is 1. The molecule has 5 rings (SSSR count). The summed E-state index contributed by atoms with van der Waals surface area (Å²) < 4.78 is 7.31. The van der Waals surface area contributed by atoms with Gasteiger partial charge < -0.3 is 19.3 Å². The summed E-state index contributed by atoms with van der Waals surface area (Å²) in [7, 11) is 0. The number of piperidine rings is 2. The number of aromatic hydroxyl groups is 1. The highest BCUT2D eigenvalue weighted by Crippen LogP contribution is 2.38. The number of hydrogen-bond donors (Lipinski definition) is 2. The molecule has 29 heavy (non-hydrogen) atoms. The number of benzene rings is 2. The standard InChI is InChI=1S/C25H30N2O2/c28-23-9-10-24-21(17-25(29-24)19-7-3-1-4-8-19)22(23)18-27(15-5-2-6-16-27)20-11-13-26-14-12-20/h1,3-4,7-10,17,20,26H,2,5-6,11-16,18H2/p+1. The van der Waals surface area contributed by atoms with E-state index in [4.69, 9.17) is 4.42 Å². The maximum atomic E-state index is 10.9. The van der Waals surface area contributed by atoms with Gasteiger partial charge in [0.15, 0.2) is 0 Å². The van der Waals surface area contributed by atoms with Gasteiger partial charge in [0, 0.05) is 36.9 Å². The fraction of sp³-hybridized carbons (Fsp3) is 0.440. The summed E-state index contributed by atoms with van der Waals surface area (Å²) in [5.74, 6) is 1.29. The van der Waals surface area contributed by atoms with Gasteiger partial charge >= 0.3 is 0 Å². The molecule has 2 N–H and O–H groups in total. The highest BCUT2D eigenvalue weighted by molar-refractivity contribution is 5.87. The lowest BCUT2D eigenvalue weighted by molar-refractivity contribution is -0.968. The molecule has 0 atom stereocenters. The van der Waals surface area contributed by atoms with Crippen LogP contribution in [0.15, 0.2) is 52.9 Å². The summed E-state index contributed by atoms with van der Waals surface area (Å²) in [5, 5.41) is 15.5. The van der Waals surface area contributed by atoms with Gasteiger partial charge in [-0.2, -0.15) is 0 Å². The van der Waals surface area contributed by atoms with E-state index in [2.05, 4.69) is 23.5 Å². The minimum atomic E-state index is 0.412. The van der Waals surface area contributed by atoms with Crippen LogP contribution in [0.2, 0.25) is 0 Å². The van der Waals surface area contributed by atoms with Crippen molar-refractivity contribution in [3.63, 3.8) is 0 Å². The van der Waals surface area contributed by atoms with Crippen LogP contribution in [0.4, 0.5) is 0 Å². The first-order valence-corrected chi connectivity index (χ1v) is 11.1. The number of fused-ring (bicyclic) bond motifs is 1. The molecule has 2 aliphatic rings. The smallest absolute Gasteiger partial charge is 0.135 e. The topological polar surface area (TPSA) is 45.4 Å². The lowest BCUT2D eigenvalue weighted by Gasteiger charge is -2.49. The molecule has 2 saturated heterocycles. The Hall–Kier alpha value is -2.30. The van der Waals surface area contributed by atoms with E-state index in [0.29, 0.717) is 11.8 Å². The Morgan fingerprint density at radius 1 is 0.966 bits per heavy atom. The summed E-state index contributed by atoms with van der Waals surface area (Å²) in [6.45, 7) is 5.59. The maximum absolute atomic E-state index is 10.9. The Morgan fingerprint density at radius 2 is 1.72 bits per heavy atom. The first kappa shape index (κ1) is 18.7. The van der Waals surface area contributed by atoms with Crippen LogP contribution >= 0.6 is 0 Å². The van der Waals surface area contributed by atoms with Gasteiger partial charge in [-0.3, -0.25) is 0 Å². The van der Waals surface area contributed by atoms with Gasteiger partial charge in [-0.1, -0.05) is 30.3 Å². The van der Waals surface area contributed by atoms with Crippen molar-refractivity contribution in [2.24, 2.45) is 0 Å². The number of rotatable bonds is 4. The fourth-order valence-corrected chi connectivity index (χ4v) is 5.53. The first-order valence-electron chi connectivity index (χ1n) is 11.1. The van der Waals surface area contributed by atoms with E-state index in [1.165, 1.54) is 45.2 Å². The zero-order chi connectivity index (χ0) is 19.7. The number of phenols is 1. The lowest BCUT2D eigenvalue weighted by atomic mass is 9.94. The Morgan fingerprint density at radius 3 is 2.48 bits per heavy atom. The number of nitrogens with zero attached hydrogens (tertiary/aromatic N) is 1. The average Bonchev–Trinajstić information content (AvgIpc) is 3.22. The number of furan rings is 1. The number of likely N-dealkylation sites (tertiary alicyclic amines) is 1. The molecule has 0 aliphatic carbocycles. The summed E-state index contributed by atoms with van der Waals surface area (Å²) in [4.78, 5) is 0. The summed E-state index contributed by atoms with van der Waals surface area (Å²) in [6.07, 6.45) is 6.39. The predicted octanol–water partition coefficient (Wildman–Crippen LogP) is 5.06. The fourth-order valence-electron chi connectivity index (χ4n) is 5.53. The molecule has 152 valence electrons. The van der Waals surface area contributed by atoms with Gasteiger partial charge in [0.2, 0.25) is 0 Å². The summed E-state index contributed by atoms with van der Waals surface area (Å²) in [6, 6.07) is 16.8. The van der Waals surface area contributed by atoms with Crippen LogP contribution < -0.4 is 5.32 Å². The molecule has 2 aromatic carbocycles. The monoisotopic (exact) mass is 391 g/mol. The van der Waals surface area contributed by atoms with Crippen LogP contribution in [0.5, 0.6) is 5.75 Å². The van der Waals surface area contributed by atoms with Gasteiger partial charge in [0.05, 0.1) is 24.7 Å². The molecular weight excluding hydrogens is 360 g/mol. The van der Waals surface area contributed by atoms with Gasteiger partial charge in [0.1, 0.15) is 23.6 Å². The number of quaternary nitrogens is 1. The third kappa shape index (κ3) is 3.56. The molecule has 0 amide bonds. The zero-order valence-electron chi connectivity index (χ0n) is 17.1. The maximum Gasteiger partial charge on any atom is 0.135 e. The van der Waals surface area contributed by atoms with E-state index < -0.39 is 0 Å². The van der Waals surface area contributed by atoms with Crippen LogP contribution in [0.25, 0.3) is 22.3 Å². The molecule has 3 aromatic rings. The number of nitrogens with one attached hydrogen (secondary N) is 1. The lowest BCUT2D eigenvalue weighted by Crippen LogP contribution is -2.59. The largest absolute Gasteiger partial charge is 0.507 e. The molecule has 0 bridgehead atoms. The number of hydrogen-bond acceptors (Lipinski definition) is 3. The van der Waals surface area contributed by atoms with E-state index in [9.17, 15) is 5.11 Å². The highest BCUT2D eigenvalue weighted by Gasteiger charge is 2.40. The molecule has 0 unspecified atom stereocenters.